The smallest absolute Gasteiger partial charge is 0.273 e. The van der Waals surface area contributed by atoms with Crippen molar-refractivity contribution in [1.82, 2.24) is 15.1 Å². The number of nitrogens with zero attached hydrogens (tertiary/aromatic N) is 2. The Morgan fingerprint density at radius 2 is 2.00 bits per heavy atom. The molecule has 3 aromatic rings. The molecule has 7 heteroatoms. The second kappa shape index (κ2) is 7.30. The summed E-state index contributed by atoms with van der Waals surface area (Å²) in [5, 5.41) is 27.5. The number of phenolic OH excluding ortho intramolecular Hbond substituents is 1. The van der Waals surface area contributed by atoms with Crippen molar-refractivity contribution in [3.05, 3.63) is 69.9 Å². The van der Waals surface area contributed by atoms with Gasteiger partial charge in [-0.2, -0.15) is 5.10 Å². The van der Waals surface area contributed by atoms with E-state index < -0.39 is 0 Å². The molecule has 144 valence electrons. The number of aromatic amines is 1. The van der Waals surface area contributed by atoms with Gasteiger partial charge in [-0.3, -0.25) is 9.89 Å². The van der Waals surface area contributed by atoms with Gasteiger partial charge in [0.05, 0.1) is 6.04 Å². The summed E-state index contributed by atoms with van der Waals surface area (Å²) in [6.45, 7) is 2.23. The topological polar surface area (TPSA) is 89.5 Å². The number of hydrogen-bond donors (Lipinski definition) is 3. The number of H-pyrrole nitrogens is 1. The molecule has 4 rings (SSSR count). The molecule has 1 aliphatic heterocycles. The first-order valence-electron chi connectivity index (χ1n) is 9.07. The Morgan fingerprint density at radius 1 is 1.25 bits per heavy atom. The fraction of sp³-hybridized carbons (Fsp3) is 0.238. The molecule has 0 saturated heterocycles. The number of phenols is 1. The number of fused-ring (bicyclic) bond motifs is 1. The quantitative estimate of drug-likeness (QED) is 0.612. The fourth-order valence-electron chi connectivity index (χ4n) is 3.71. The summed E-state index contributed by atoms with van der Waals surface area (Å²) < 4.78 is 0. The van der Waals surface area contributed by atoms with Crippen LogP contribution in [0.15, 0.2) is 42.5 Å². The maximum Gasteiger partial charge on any atom is 0.273 e. The van der Waals surface area contributed by atoms with Crippen LogP contribution in [0.1, 0.15) is 39.6 Å². The van der Waals surface area contributed by atoms with Crippen molar-refractivity contribution in [3.8, 4) is 17.0 Å². The van der Waals surface area contributed by atoms with Gasteiger partial charge in [0.1, 0.15) is 17.1 Å². The SMILES string of the molecule is Cc1cc(O)c(-c2n[nH]c3c2C(c2ccccc2)N(CCCO)C3=O)cc1Cl. The van der Waals surface area contributed by atoms with Crippen LogP contribution in [0.25, 0.3) is 11.3 Å². The van der Waals surface area contributed by atoms with E-state index in [1.807, 2.05) is 37.3 Å². The van der Waals surface area contributed by atoms with Gasteiger partial charge in [0.25, 0.3) is 5.91 Å². The minimum absolute atomic E-state index is 0.00130. The Labute approximate surface area is 167 Å². The average molecular weight is 398 g/mol. The van der Waals surface area contributed by atoms with Crippen LogP contribution >= 0.6 is 11.6 Å². The lowest BCUT2D eigenvalue weighted by Crippen LogP contribution is -2.31. The Hall–Kier alpha value is -2.83. The summed E-state index contributed by atoms with van der Waals surface area (Å²) >= 11 is 6.28. The van der Waals surface area contributed by atoms with Gasteiger partial charge < -0.3 is 15.1 Å². The minimum Gasteiger partial charge on any atom is -0.507 e. The van der Waals surface area contributed by atoms with Crippen molar-refractivity contribution < 1.29 is 15.0 Å². The number of hydrogen-bond acceptors (Lipinski definition) is 4. The van der Waals surface area contributed by atoms with Crippen LogP contribution in [0.2, 0.25) is 5.02 Å². The van der Waals surface area contributed by atoms with Crippen molar-refractivity contribution in [2.24, 2.45) is 0 Å². The highest BCUT2D eigenvalue weighted by atomic mass is 35.5. The molecule has 0 radical (unpaired) electrons. The summed E-state index contributed by atoms with van der Waals surface area (Å²) in [5.74, 6) is -0.113. The zero-order chi connectivity index (χ0) is 19.8. The van der Waals surface area contributed by atoms with Crippen LogP contribution in [-0.4, -0.2) is 44.4 Å². The van der Waals surface area contributed by atoms with Gasteiger partial charge in [-0.15, -0.1) is 0 Å². The molecule has 0 aliphatic carbocycles. The predicted molar refractivity (Wildman–Crippen MR) is 106 cm³/mol. The molecule has 1 amide bonds. The normalized spacial score (nSPS) is 15.9. The number of aliphatic hydroxyl groups excluding tert-OH is 1. The number of aliphatic hydroxyl groups is 1. The van der Waals surface area contributed by atoms with E-state index >= 15 is 0 Å². The van der Waals surface area contributed by atoms with Gasteiger partial charge in [-0.05, 0) is 36.6 Å². The Kier molecular flexibility index (Phi) is 4.83. The highest BCUT2D eigenvalue weighted by molar-refractivity contribution is 6.31. The number of carbonyl (C=O) groups is 1. The van der Waals surface area contributed by atoms with Gasteiger partial charge >= 0.3 is 0 Å². The second-order valence-electron chi connectivity index (χ2n) is 6.87. The van der Waals surface area contributed by atoms with Crippen LogP contribution in [0.4, 0.5) is 0 Å². The third-order valence-electron chi connectivity index (χ3n) is 5.07. The molecule has 0 spiro atoms. The molecule has 3 N–H and O–H groups in total. The molecule has 2 aromatic carbocycles. The van der Waals surface area contributed by atoms with Crippen LogP contribution in [-0.2, 0) is 0 Å². The first-order valence-corrected chi connectivity index (χ1v) is 9.45. The monoisotopic (exact) mass is 397 g/mol. The lowest BCUT2D eigenvalue weighted by atomic mass is 9.95. The number of rotatable bonds is 5. The number of carbonyl (C=O) groups excluding carboxylic acids is 1. The largest absolute Gasteiger partial charge is 0.507 e. The van der Waals surface area contributed by atoms with E-state index in [2.05, 4.69) is 10.2 Å². The van der Waals surface area contributed by atoms with Gasteiger partial charge in [0.2, 0.25) is 0 Å². The van der Waals surface area contributed by atoms with E-state index in [0.29, 0.717) is 40.5 Å². The van der Waals surface area contributed by atoms with E-state index in [0.717, 1.165) is 11.1 Å². The molecule has 2 heterocycles. The standard InChI is InChI=1S/C21H20ClN3O3/c1-12-10-16(27)14(11-15(12)22)18-17-19(24-23-18)21(28)25(8-5-9-26)20(17)13-6-3-2-4-7-13/h2-4,6-7,10-11,20,26-27H,5,8-9H2,1H3,(H,23,24). The maximum atomic E-state index is 13.0. The van der Waals surface area contributed by atoms with E-state index in [9.17, 15) is 15.0 Å². The van der Waals surface area contributed by atoms with Gasteiger partial charge in [0, 0.05) is 29.3 Å². The number of aromatic nitrogens is 2. The zero-order valence-electron chi connectivity index (χ0n) is 15.3. The minimum atomic E-state index is -0.358. The molecule has 0 bridgehead atoms. The summed E-state index contributed by atoms with van der Waals surface area (Å²) in [6.07, 6.45) is 0.476. The van der Waals surface area contributed by atoms with Crippen molar-refractivity contribution >= 4 is 17.5 Å². The molecule has 1 unspecified atom stereocenters. The molecule has 1 aliphatic rings. The number of amides is 1. The lowest BCUT2D eigenvalue weighted by molar-refractivity contribution is 0.0732. The number of benzene rings is 2. The Balaban J connectivity index is 1.90. The van der Waals surface area contributed by atoms with E-state index in [-0.39, 0.29) is 24.3 Å². The predicted octanol–water partition coefficient (Wildman–Crippen LogP) is 3.67. The molecule has 0 fully saturated rings. The number of halogens is 1. The average Bonchev–Trinajstić information content (AvgIpc) is 3.23. The first kappa shape index (κ1) is 18.5. The van der Waals surface area contributed by atoms with Crippen molar-refractivity contribution in [2.45, 2.75) is 19.4 Å². The summed E-state index contributed by atoms with van der Waals surface area (Å²) in [4.78, 5) is 14.7. The number of aryl methyl sites for hydroxylation is 1. The first-order chi connectivity index (χ1) is 13.5. The van der Waals surface area contributed by atoms with Crippen molar-refractivity contribution in [1.29, 1.82) is 0 Å². The van der Waals surface area contributed by atoms with Crippen LogP contribution in [0.5, 0.6) is 5.75 Å². The second-order valence-corrected chi connectivity index (χ2v) is 7.28. The van der Waals surface area contributed by atoms with Crippen LogP contribution in [0.3, 0.4) is 0 Å². The van der Waals surface area contributed by atoms with Crippen molar-refractivity contribution in [3.63, 3.8) is 0 Å². The summed E-state index contributed by atoms with van der Waals surface area (Å²) in [5.41, 5.74) is 3.79. The molecule has 6 nitrogen and oxygen atoms in total. The number of nitrogens with one attached hydrogen (secondary N) is 1. The molecular weight excluding hydrogens is 378 g/mol. The highest BCUT2D eigenvalue weighted by Gasteiger charge is 2.42. The van der Waals surface area contributed by atoms with E-state index in [1.165, 1.54) is 0 Å². The van der Waals surface area contributed by atoms with Crippen LogP contribution < -0.4 is 0 Å². The molecule has 0 saturated carbocycles. The Bertz CT molecular complexity index is 1030. The molecule has 1 aromatic heterocycles. The third kappa shape index (κ3) is 2.95. The Morgan fingerprint density at radius 3 is 2.71 bits per heavy atom. The van der Waals surface area contributed by atoms with Crippen molar-refractivity contribution in [2.75, 3.05) is 13.2 Å². The summed E-state index contributed by atoms with van der Waals surface area (Å²) in [7, 11) is 0. The maximum absolute atomic E-state index is 13.0. The van der Waals surface area contributed by atoms with Gasteiger partial charge in [-0.25, -0.2) is 0 Å². The van der Waals surface area contributed by atoms with Gasteiger partial charge in [0.15, 0.2) is 0 Å². The summed E-state index contributed by atoms with van der Waals surface area (Å²) in [6, 6.07) is 12.6. The number of aromatic hydroxyl groups is 1. The highest BCUT2D eigenvalue weighted by Crippen LogP contribution is 2.45. The lowest BCUT2D eigenvalue weighted by Gasteiger charge is -2.26. The molecule has 1 atom stereocenters. The fourth-order valence-corrected chi connectivity index (χ4v) is 3.88. The van der Waals surface area contributed by atoms with Crippen LogP contribution in [0, 0.1) is 6.92 Å². The van der Waals surface area contributed by atoms with E-state index in [1.54, 1.807) is 17.0 Å². The molecular formula is C21H20ClN3O3. The molecule has 28 heavy (non-hydrogen) atoms. The third-order valence-corrected chi connectivity index (χ3v) is 5.48. The van der Waals surface area contributed by atoms with Gasteiger partial charge in [-0.1, -0.05) is 41.9 Å². The van der Waals surface area contributed by atoms with E-state index in [4.69, 9.17) is 11.6 Å². The zero-order valence-corrected chi connectivity index (χ0v) is 16.1.